The van der Waals surface area contributed by atoms with Crippen molar-refractivity contribution in [3.8, 4) is 0 Å². The highest BCUT2D eigenvalue weighted by Crippen LogP contribution is 2.72. The molecule has 0 aromatic carbocycles. The Hall–Kier alpha value is -0.490. The van der Waals surface area contributed by atoms with Crippen LogP contribution in [-0.2, 0) is 9.47 Å². The summed E-state index contributed by atoms with van der Waals surface area (Å²) < 4.78 is 12.7. The fraction of sp³-hybridized carbons (Fsp3) is 0.862. The van der Waals surface area contributed by atoms with Gasteiger partial charge in [-0.05, 0) is 66.7 Å². The van der Waals surface area contributed by atoms with E-state index in [4.69, 9.17) is 9.47 Å². The molecule has 0 heterocycles. The Morgan fingerprint density at radius 2 is 1.22 bits per heavy atom. The maximum absolute atomic E-state index is 6.55. The lowest BCUT2D eigenvalue weighted by atomic mass is 9.74. The molecule has 2 saturated carbocycles. The van der Waals surface area contributed by atoms with Gasteiger partial charge in [0.2, 0.25) is 0 Å². The summed E-state index contributed by atoms with van der Waals surface area (Å²) in [7, 11) is 3.65. The van der Waals surface area contributed by atoms with Crippen molar-refractivity contribution >= 4 is 7.92 Å². The maximum atomic E-state index is 6.55. The normalized spacial score (nSPS) is 26.8. The standard InChI is InChI=1S/C29H51O2P/c1-20(2)25-19-29(22(5)6,28(31-8)26(21(3)4)27(25)30-7)32(23-15-11-9-12-16-23)24-17-13-10-14-18-24/h20-24H,9-19H2,1-8H3. The molecule has 3 aliphatic rings. The SMILES string of the molecule is COC1=C(C(C)C)CC(C(C)C)(P(C2CCCCC2)C2CCCCC2)C(OC)=C1C(C)C. The number of hydrogen-bond donors (Lipinski definition) is 0. The molecule has 0 spiro atoms. The van der Waals surface area contributed by atoms with E-state index in [1.165, 1.54) is 75.5 Å². The molecular weight excluding hydrogens is 411 g/mol. The first-order valence-electron chi connectivity index (χ1n) is 13.6. The van der Waals surface area contributed by atoms with Crippen LogP contribution in [0.15, 0.2) is 22.7 Å². The summed E-state index contributed by atoms with van der Waals surface area (Å²) >= 11 is 0. The summed E-state index contributed by atoms with van der Waals surface area (Å²) in [4.78, 5) is 0. The third-order valence-electron chi connectivity index (χ3n) is 8.67. The Kier molecular flexibility index (Phi) is 9.22. The van der Waals surface area contributed by atoms with Crippen LogP contribution >= 0.6 is 7.92 Å². The molecular formula is C29H51O2P. The Balaban J connectivity index is 2.26. The van der Waals surface area contributed by atoms with Gasteiger partial charge in [-0.15, -0.1) is 0 Å². The highest BCUT2D eigenvalue weighted by atomic mass is 31.1. The van der Waals surface area contributed by atoms with Gasteiger partial charge >= 0.3 is 0 Å². The molecule has 0 saturated heterocycles. The zero-order valence-corrected chi connectivity index (χ0v) is 23.3. The van der Waals surface area contributed by atoms with Crippen LogP contribution in [0, 0.1) is 17.8 Å². The molecule has 32 heavy (non-hydrogen) atoms. The fourth-order valence-electron chi connectivity index (χ4n) is 7.12. The lowest BCUT2D eigenvalue weighted by Gasteiger charge is -2.56. The molecule has 0 amide bonds. The summed E-state index contributed by atoms with van der Waals surface area (Å²) in [5.41, 5.74) is 4.73. The molecule has 2 nitrogen and oxygen atoms in total. The zero-order chi connectivity index (χ0) is 23.5. The summed E-state index contributed by atoms with van der Waals surface area (Å²) in [5.74, 6) is 3.94. The van der Waals surface area contributed by atoms with E-state index in [2.05, 4.69) is 41.5 Å². The van der Waals surface area contributed by atoms with Gasteiger partial charge in [-0.2, -0.15) is 0 Å². The first-order chi connectivity index (χ1) is 15.3. The second kappa shape index (κ2) is 11.3. The monoisotopic (exact) mass is 462 g/mol. The predicted molar refractivity (Wildman–Crippen MR) is 141 cm³/mol. The molecule has 1 unspecified atom stereocenters. The lowest BCUT2D eigenvalue weighted by molar-refractivity contribution is 0.193. The van der Waals surface area contributed by atoms with Gasteiger partial charge in [-0.1, -0.05) is 88.0 Å². The minimum Gasteiger partial charge on any atom is -0.500 e. The molecule has 0 aromatic heterocycles. The summed E-state index contributed by atoms with van der Waals surface area (Å²) in [6, 6.07) is 0. The minimum atomic E-state index is -0.183. The van der Waals surface area contributed by atoms with Gasteiger partial charge < -0.3 is 9.47 Å². The first kappa shape index (κ1) is 26.1. The highest BCUT2D eigenvalue weighted by molar-refractivity contribution is 7.61. The van der Waals surface area contributed by atoms with Crippen molar-refractivity contribution in [1.82, 2.24) is 0 Å². The van der Waals surface area contributed by atoms with Crippen LogP contribution in [-0.4, -0.2) is 30.7 Å². The molecule has 0 N–H and O–H groups in total. The second-order valence-corrected chi connectivity index (χ2v) is 14.6. The van der Waals surface area contributed by atoms with E-state index >= 15 is 0 Å². The van der Waals surface area contributed by atoms with Crippen LogP contribution in [0.4, 0.5) is 0 Å². The van der Waals surface area contributed by atoms with Crippen LogP contribution < -0.4 is 0 Å². The van der Waals surface area contributed by atoms with E-state index in [0.29, 0.717) is 17.8 Å². The third-order valence-corrected chi connectivity index (χ3v) is 13.1. The third kappa shape index (κ3) is 4.82. The molecule has 3 aliphatic carbocycles. The largest absolute Gasteiger partial charge is 0.500 e. The maximum Gasteiger partial charge on any atom is 0.125 e. The Labute approximate surface area is 200 Å². The van der Waals surface area contributed by atoms with E-state index in [1.807, 2.05) is 14.2 Å². The van der Waals surface area contributed by atoms with Crippen molar-refractivity contribution in [3.05, 3.63) is 22.7 Å². The van der Waals surface area contributed by atoms with Crippen molar-refractivity contribution in [3.63, 3.8) is 0 Å². The van der Waals surface area contributed by atoms with Crippen molar-refractivity contribution < 1.29 is 9.47 Å². The van der Waals surface area contributed by atoms with E-state index in [0.717, 1.165) is 23.5 Å². The molecule has 0 bridgehead atoms. The first-order valence-corrected chi connectivity index (χ1v) is 15.1. The predicted octanol–water partition coefficient (Wildman–Crippen LogP) is 9.05. The summed E-state index contributed by atoms with van der Waals surface area (Å²) in [5, 5.41) is 0.148. The Morgan fingerprint density at radius 3 is 1.56 bits per heavy atom. The van der Waals surface area contributed by atoms with Gasteiger partial charge in [0, 0.05) is 5.57 Å². The van der Waals surface area contributed by atoms with Gasteiger partial charge in [0.15, 0.2) is 0 Å². The quantitative estimate of drug-likeness (QED) is 0.335. The van der Waals surface area contributed by atoms with Gasteiger partial charge in [-0.3, -0.25) is 0 Å². The molecule has 3 rings (SSSR count). The zero-order valence-electron chi connectivity index (χ0n) is 22.4. The Morgan fingerprint density at radius 1 is 0.719 bits per heavy atom. The van der Waals surface area contributed by atoms with Crippen molar-refractivity contribution in [2.24, 2.45) is 17.8 Å². The summed E-state index contributed by atoms with van der Waals surface area (Å²) in [6.07, 6.45) is 15.5. The van der Waals surface area contributed by atoms with Crippen LogP contribution in [0.1, 0.15) is 112 Å². The fourth-order valence-corrected chi connectivity index (χ4v) is 12.3. The molecule has 184 valence electrons. The van der Waals surface area contributed by atoms with Gasteiger partial charge in [0.05, 0.1) is 19.4 Å². The molecule has 0 aliphatic heterocycles. The molecule has 3 heteroatoms. The van der Waals surface area contributed by atoms with Crippen LogP contribution in [0.2, 0.25) is 0 Å². The van der Waals surface area contributed by atoms with Crippen molar-refractivity contribution in [1.29, 1.82) is 0 Å². The highest BCUT2D eigenvalue weighted by Gasteiger charge is 2.55. The Bertz CT molecular complexity index is 659. The number of allylic oxidation sites excluding steroid dienone is 3. The molecule has 2 fully saturated rings. The number of ether oxygens (including phenoxy) is 2. The van der Waals surface area contributed by atoms with E-state index in [9.17, 15) is 0 Å². The number of methoxy groups -OCH3 is 2. The van der Waals surface area contributed by atoms with Gasteiger partial charge in [0.25, 0.3) is 0 Å². The van der Waals surface area contributed by atoms with E-state index in [-0.39, 0.29) is 13.1 Å². The van der Waals surface area contributed by atoms with Crippen LogP contribution in [0.3, 0.4) is 0 Å². The molecule has 1 atom stereocenters. The van der Waals surface area contributed by atoms with E-state index in [1.54, 1.807) is 5.57 Å². The van der Waals surface area contributed by atoms with Crippen LogP contribution in [0.25, 0.3) is 0 Å². The minimum absolute atomic E-state index is 0.148. The molecule has 0 aromatic rings. The van der Waals surface area contributed by atoms with Crippen LogP contribution in [0.5, 0.6) is 0 Å². The van der Waals surface area contributed by atoms with Gasteiger partial charge in [-0.25, -0.2) is 0 Å². The second-order valence-electron chi connectivity index (χ2n) is 11.6. The number of rotatable bonds is 8. The average molecular weight is 463 g/mol. The smallest absolute Gasteiger partial charge is 0.125 e. The topological polar surface area (TPSA) is 18.5 Å². The van der Waals surface area contributed by atoms with Crippen molar-refractivity contribution in [2.45, 2.75) is 129 Å². The molecule has 0 radical (unpaired) electrons. The van der Waals surface area contributed by atoms with Crippen molar-refractivity contribution in [2.75, 3.05) is 14.2 Å². The average Bonchev–Trinajstić information content (AvgIpc) is 2.79. The van der Waals surface area contributed by atoms with E-state index < -0.39 is 0 Å². The number of hydrogen-bond acceptors (Lipinski definition) is 2. The lowest BCUT2D eigenvalue weighted by Crippen LogP contribution is -2.46. The van der Waals surface area contributed by atoms with Gasteiger partial charge in [0.1, 0.15) is 11.5 Å². The summed E-state index contributed by atoms with van der Waals surface area (Å²) in [6.45, 7) is 14.4.